The van der Waals surface area contributed by atoms with E-state index in [2.05, 4.69) is 10.6 Å². The number of carbonyl (C=O) groups excluding carboxylic acids is 2. The van der Waals surface area contributed by atoms with E-state index in [0.29, 0.717) is 5.75 Å². The van der Waals surface area contributed by atoms with Gasteiger partial charge in [-0.1, -0.05) is 11.8 Å². The fourth-order valence-corrected chi connectivity index (χ4v) is 6.96. The summed E-state index contributed by atoms with van der Waals surface area (Å²) in [5.74, 6) is -0.228. The Balaban J connectivity index is 1.85. The molecule has 14 heteroatoms. The fraction of sp³-hybridized carbons (Fsp3) is 0.652. The Morgan fingerprint density at radius 3 is 1.92 bits per heavy atom. The van der Waals surface area contributed by atoms with Crippen molar-refractivity contribution in [2.24, 2.45) is 0 Å². The van der Waals surface area contributed by atoms with Crippen LogP contribution < -0.4 is 15.4 Å². The topological polar surface area (TPSA) is 187 Å². The summed E-state index contributed by atoms with van der Waals surface area (Å²) in [6.45, 7) is 1.47. The van der Waals surface area contributed by atoms with Crippen molar-refractivity contribution >= 4 is 35.3 Å². The number of hydrogen-bond donors (Lipinski definition) is 7. The zero-order valence-electron chi connectivity index (χ0n) is 20.6. The molecule has 1 aromatic carbocycles. The number of carbonyl (C=O) groups is 2. The Hall–Kier alpha value is -1.62. The van der Waals surface area contributed by atoms with Gasteiger partial charge in [0.25, 0.3) is 0 Å². The molecule has 3 rings (SSSR count). The number of aliphatic hydroxyl groups excluding tert-OH is 5. The molecule has 2 amide bonds. The predicted octanol–water partition coefficient (Wildman–Crippen LogP) is -1.58. The second-order valence-electron chi connectivity index (χ2n) is 8.77. The van der Waals surface area contributed by atoms with Crippen LogP contribution in [-0.4, -0.2) is 116 Å². The number of aliphatic hydroxyl groups is 5. The average molecular weight is 563 g/mol. The van der Waals surface area contributed by atoms with Crippen molar-refractivity contribution in [3.8, 4) is 5.75 Å². The molecular formula is C23H34N2O10S2. The molecule has 37 heavy (non-hydrogen) atoms. The Morgan fingerprint density at radius 2 is 1.41 bits per heavy atom. The van der Waals surface area contributed by atoms with Gasteiger partial charge in [0, 0.05) is 18.7 Å². The lowest BCUT2D eigenvalue weighted by Gasteiger charge is -2.48. The molecule has 0 bridgehead atoms. The molecule has 0 aliphatic carbocycles. The van der Waals surface area contributed by atoms with E-state index < -0.39 is 83.8 Å². The minimum atomic E-state index is -1.47. The van der Waals surface area contributed by atoms with Crippen LogP contribution in [0.4, 0.5) is 0 Å². The van der Waals surface area contributed by atoms with Crippen molar-refractivity contribution in [1.82, 2.24) is 10.6 Å². The Bertz CT molecular complexity index is 910. The minimum Gasteiger partial charge on any atom is -0.497 e. The third-order valence-electron chi connectivity index (χ3n) is 6.08. The molecule has 2 saturated heterocycles. The molecule has 208 valence electrons. The highest BCUT2D eigenvalue weighted by atomic mass is 32.2. The molecule has 0 unspecified atom stereocenters. The lowest BCUT2D eigenvalue weighted by molar-refractivity contribution is -0.174. The first-order valence-corrected chi connectivity index (χ1v) is 13.5. The van der Waals surface area contributed by atoms with E-state index in [1.54, 1.807) is 31.4 Å². The predicted molar refractivity (Wildman–Crippen MR) is 135 cm³/mol. The van der Waals surface area contributed by atoms with E-state index in [1.807, 2.05) is 0 Å². The van der Waals surface area contributed by atoms with E-state index in [1.165, 1.54) is 25.6 Å². The quantitative estimate of drug-likeness (QED) is 0.183. The van der Waals surface area contributed by atoms with Gasteiger partial charge in [-0.15, -0.1) is 11.8 Å². The molecule has 0 saturated carbocycles. The normalized spacial score (nSPS) is 36.0. The van der Waals surface area contributed by atoms with Gasteiger partial charge in [0.1, 0.15) is 34.9 Å². The summed E-state index contributed by atoms with van der Waals surface area (Å²) >= 11 is 2.22. The number of ether oxygens (including phenoxy) is 3. The molecule has 10 atom stereocenters. The molecule has 7 N–H and O–H groups in total. The molecule has 2 heterocycles. The van der Waals surface area contributed by atoms with Crippen molar-refractivity contribution in [3.63, 3.8) is 0 Å². The van der Waals surface area contributed by atoms with Gasteiger partial charge in [-0.2, -0.15) is 0 Å². The zero-order chi connectivity index (χ0) is 27.3. The first-order chi connectivity index (χ1) is 17.6. The molecular weight excluding hydrogens is 528 g/mol. The fourth-order valence-electron chi connectivity index (χ4n) is 4.25. The lowest BCUT2D eigenvalue weighted by Crippen LogP contribution is -2.66. The number of rotatable bonds is 9. The molecule has 0 spiro atoms. The van der Waals surface area contributed by atoms with Crippen LogP contribution in [0.3, 0.4) is 0 Å². The number of amides is 2. The van der Waals surface area contributed by atoms with Crippen LogP contribution in [-0.2, 0) is 19.1 Å². The van der Waals surface area contributed by atoms with Gasteiger partial charge in [-0.25, -0.2) is 0 Å². The molecule has 1 aromatic rings. The van der Waals surface area contributed by atoms with Gasteiger partial charge in [-0.3, -0.25) is 9.59 Å². The number of benzene rings is 1. The maximum Gasteiger partial charge on any atom is 0.217 e. The average Bonchev–Trinajstić information content (AvgIpc) is 2.87. The van der Waals surface area contributed by atoms with Gasteiger partial charge in [0.05, 0.1) is 49.9 Å². The second kappa shape index (κ2) is 13.4. The van der Waals surface area contributed by atoms with Crippen molar-refractivity contribution in [3.05, 3.63) is 24.3 Å². The van der Waals surface area contributed by atoms with Crippen molar-refractivity contribution < 1.29 is 49.3 Å². The standard InChI is InChI=1S/C23H34N2O10S2/c1-10(28)24-16-19(31)18(30)14(8-26)34-23(16)37-21-15(9-27)35-22(17(20(21)32)25-11(2)29)36-13-6-4-12(33-3)5-7-13/h4-7,14-23,26-27,30-32H,8-9H2,1-3H3,(H,24,28)(H,25,29)/t14-,15-,16-,17-,18-,19-,20-,21-,22+,23+/m1/s1. The lowest BCUT2D eigenvalue weighted by atomic mass is 9.98. The third-order valence-corrected chi connectivity index (χ3v) is 8.83. The smallest absolute Gasteiger partial charge is 0.217 e. The first-order valence-electron chi connectivity index (χ1n) is 11.7. The van der Waals surface area contributed by atoms with Crippen LogP contribution in [0.5, 0.6) is 5.75 Å². The third kappa shape index (κ3) is 7.28. The number of thioether (sulfide) groups is 2. The highest BCUT2D eigenvalue weighted by Crippen LogP contribution is 2.41. The summed E-state index contributed by atoms with van der Waals surface area (Å²) in [7, 11) is 1.55. The first kappa shape index (κ1) is 29.9. The zero-order valence-corrected chi connectivity index (χ0v) is 22.2. The molecule has 0 radical (unpaired) electrons. The summed E-state index contributed by atoms with van der Waals surface area (Å²) in [5.41, 5.74) is -1.79. The maximum atomic E-state index is 12.0. The van der Waals surface area contributed by atoms with Crippen LogP contribution in [0, 0.1) is 0 Å². The van der Waals surface area contributed by atoms with Gasteiger partial charge < -0.3 is 50.4 Å². The van der Waals surface area contributed by atoms with Crippen LogP contribution >= 0.6 is 23.5 Å². The molecule has 2 aliphatic heterocycles. The van der Waals surface area contributed by atoms with Gasteiger partial charge >= 0.3 is 0 Å². The number of nitrogens with one attached hydrogen (secondary N) is 2. The summed E-state index contributed by atoms with van der Waals surface area (Å²) < 4.78 is 17.1. The highest BCUT2D eigenvalue weighted by Gasteiger charge is 2.51. The SMILES string of the molecule is COc1ccc(S[C@@H]2O[C@H](CO)[C@@H](S[C@@H]3O[C@H](CO)[C@@H](O)[C@H](O)[C@H]3NC(C)=O)[C@H](O)[C@H]2NC(C)=O)cc1. The van der Waals surface area contributed by atoms with E-state index in [0.717, 1.165) is 16.7 Å². The maximum absolute atomic E-state index is 12.0. The monoisotopic (exact) mass is 562 g/mol. The van der Waals surface area contributed by atoms with Crippen LogP contribution in [0.2, 0.25) is 0 Å². The van der Waals surface area contributed by atoms with Crippen LogP contribution in [0.15, 0.2) is 29.2 Å². The second-order valence-corrected chi connectivity index (χ2v) is 11.2. The van der Waals surface area contributed by atoms with Crippen LogP contribution in [0.1, 0.15) is 13.8 Å². The Labute approximate surface area is 223 Å². The number of methoxy groups -OCH3 is 1. The summed E-state index contributed by atoms with van der Waals surface area (Å²) in [6, 6.07) is 5.14. The van der Waals surface area contributed by atoms with E-state index >= 15 is 0 Å². The minimum absolute atomic E-state index is 0.400. The summed E-state index contributed by atoms with van der Waals surface area (Å²) in [6.07, 6.45) is -6.23. The Morgan fingerprint density at radius 1 is 0.865 bits per heavy atom. The van der Waals surface area contributed by atoms with Crippen molar-refractivity contribution in [2.75, 3.05) is 20.3 Å². The molecule has 12 nitrogen and oxygen atoms in total. The summed E-state index contributed by atoms with van der Waals surface area (Å²) in [5, 5.41) is 56.4. The van der Waals surface area contributed by atoms with Crippen molar-refractivity contribution in [1.29, 1.82) is 0 Å². The van der Waals surface area contributed by atoms with Gasteiger partial charge in [0.2, 0.25) is 11.8 Å². The van der Waals surface area contributed by atoms with E-state index in [9.17, 15) is 35.1 Å². The number of hydrogen-bond acceptors (Lipinski definition) is 12. The van der Waals surface area contributed by atoms with Gasteiger partial charge in [0.15, 0.2) is 0 Å². The van der Waals surface area contributed by atoms with E-state index in [4.69, 9.17) is 14.2 Å². The van der Waals surface area contributed by atoms with E-state index in [-0.39, 0.29) is 0 Å². The Kier molecular flexibility index (Phi) is 10.9. The summed E-state index contributed by atoms with van der Waals surface area (Å²) in [4.78, 5) is 24.6. The molecule has 2 aliphatic rings. The van der Waals surface area contributed by atoms with Crippen molar-refractivity contribution in [2.45, 2.75) is 77.5 Å². The molecule has 2 fully saturated rings. The largest absolute Gasteiger partial charge is 0.497 e. The van der Waals surface area contributed by atoms with Gasteiger partial charge in [-0.05, 0) is 24.3 Å². The van der Waals surface area contributed by atoms with Crippen LogP contribution in [0.25, 0.3) is 0 Å². The molecule has 0 aromatic heterocycles. The highest BCUT2D eigenvalue weighted by molar-refractivity contribution is 8.00.